The van der Waals surface area contributed by atoms with Crippen molar-refractivity contribution >= 4 is 17.2 Å². The highest BCUT2D eigenvalue weighted by molar-refractivity contribution is 7.11. The molecule has 1 atom stereocenters. The molecule has 1 unspecified atom stereocenters. The van der Waals surface area contributed by atoms with Gasteiger partial charge in [0.2, 0.25) is 5.91 Å². The van der Waals surface area contributed by atoms with Gasteiger partial charge in [-0.3, -0.25) is 4.79 Å². The van der Waals surface area contributed by atoms with E-state index in [1.54, 1.807) is 11.3 Å². The first-order valence-electron chi connectivity index (χ1n) is 7.39. The average molecular weight is 293 g/mol. The van der Waals surface area contributed by atoms with Crippen LogP contribution in [0.5, 0.6) is 0 Å². The van der Waals surface area contributed by atoms with E-state index >= 15 is 0 Å². The Morgan fingerprint density at radius 2 is 2.10 bits per heavy atom. The minimum atomic E-state index is -0.150. The second-order valence-corrected chi connectivity index (χ2v) is 7.75. The summed E-state index contributed by atoms with van der Waals surface area (Å²) in [4.78, 5) is 18.1. The molecule has 20 heavy (non-hydrogen) atoms. The minimum Gasteiger partial charge on any atom is -0.351 e. The van der Waals surface area contributed by atoms with Crippen LogP contribution in [0.25, 0.3) is 0 Å². The first-order chi connectivity index (χ1) is 9.47. The first-order valence-corrected chi connectivity index (χ1v) is 8.20. The summed E-state index contributed by atoms with van der Waals surface area (Å²) in [5.74, 6) is 0.227. The molecule has 5 heteroatoms. The lowest BCUT2D eigenvalue weighted by Gasteiger charge is -2.27. The van der Waals surface area contributed by atoms with Crippen LogP contribution in [-0.4, -0.2) is 24.0 Å². The predicted molar refractivity (Wildman–Crippen MR) is 80.7 cm³/mol. The van der Waals surface area contributed by atoms with Gasteiger partial charge in [-0.15, -0.1) is 11.3 Å². The summed E-state index contributed by atoms with van der Waals surface area (Å²) in [6.07, 6.45) is 3.32. The lowest BCUT2D eigenvalue weighted by molar-refractivity contribution is -0.127. The van der Waals surface area contributed by atoms with Crippen LogP contribution in [0.4, 0.5) is 0 Å². The fourth-order valence-corrected chi connectivity index (χ4v) is 4.56. The van der Waals surface area contributed by atoms with Gasteiger partial charge in [0, 0.05) is 4.88 Å². The van der Waals surface area contributed by atoms with Crippen molar-refractivity contribution in [3.63, 3.8) is 0 Å². The van der Waals surface area contributed by atoms with Crippen molar-refractivity contribution in [3.8, 4) is 0 Å². The lowest BCUT2D eigenvalue weighted by atomic mass is 9.85. The molecule has 1 saturated carbocycles. The van der Waals surface area contributed by atoms with Crippen molar-refractivity contribution < 1.29 is 4.79 Å². The minimum absolute atomic E-state index is 0.150. The molecule has 0 aromatic carbocycles. The zero-order chi connectivity index (χ0) is 14.4. The fourth-order valence-electron chi connectivity index (χ4n) is 3.68. The smallest absolute Gasteiger partial charge is 0.226 e. The number of hydrogen-bond donors (Lipinski definition) is 2. The summed E-state index contributed by atoms with van der Waals surface area (Å²) in [5, 5.41) is 7.59. The summed E-state index contributed by atoms with van der Waals surface area (Å²) in [7, 11) is 0. The second kappa shape index (κ2) is 4.81. The lowest BCUT2D eigenvalue weighted by Crippen LogP contribution is -2.38. The number of carbonyl (C=O) groups excluding carboxylic acids is 1. The second-order valence-electron chi connectivity index (χ2n) is 6.46. The molecule has 2 aliphatic rings. The Morgan fingerprint density at radius 3 is 2.70 bits per heavy atom. The van der Waals surface area contributed by atoms with E-state index in [1.165, 1.54) is 4.88 Å². The van der Waals surface area contributed by atoms with E-state index in [0.717, 1.165) is 43.1 Å². The highest BCUT2D eigenvalue weighted by atomic mass is 32.1. The van der Waals surface area contributed by atoms with E-state index in [2.05, 4.69) is 22.5 Å². The van der Waals surface area contributed by atoms with E-state index in [0.29, 0.717) is 6.54 Å². The zero-order valence-electron chi connectivity index (χ0n) is 12.5. The predicted octanol–water partition coefficient (Wildman–Crippen LogP) is 2.16. The Hall–Kier alpha value is -0.940. The molecule has 3 rings (SSSR count). The van der Waals surface area contributed by atoms with Gasteiger partial charge in [-0.25, -0.2) is 4.98 Å². The zero-order valence-corrected chi connectivity index (χ0v) is 13.3. The molecular formula is C15H23N3OS. The van der Waals surface area contributed by atoms with E-state index in [4.69, 9.17) is 0 Å². The van der Waals surface area contributed by atoms with Crippen molar-refractivity contribution in [3.05, 3.63) is 15.6 Å². The molecule has 1 aliphatic carbocycles. The molecule has 110 valence electrons. The van der Waals surface area contributed by atoms with Crippen LogP contribution in [0.2, 0.25) is 0 Å². The van der Waals surface area contributed by atoms with Gasteiger partial charge in [-0.2, -0.15) is 0 Å². The first kappa shape index (κ1) is 14.0. The van der Waals surface area contributed by atoms with Gasteiger partial charge in [-0.1, -0.05) is 6.92 Å². The van der Waals surface area contributed by atoms with Gasteiger partial charge in [0.05, 0.1) is 22.7 Å². The Kier molecular flexibility index (Phi) is 3.37. The van der Waals surface area contributed by atoms with Crippen molar-refractivity contribution in [2.45, 2.75) is 46.6 Å². The van der Waals surface area contributed by atoms with Crippen molar-refractivity contribution in [1.82, 2.24) is 15.6 Å². The van der Waals surface area contributed by atoms with Crippen molar-refractivity contribution in [1.29, 1.82) is 0 Å². The number of hydrogen-bond acceptors (Lipinski definition) is 4. The van der Waals surface area contributed by atoms with E-state index in [9.17, 15) is 4.79 Å². The number of aryl methyl sites for hydroxylation is 2. The number of nitrogens with zero attached hydrogens (tertiary/aromatic N) is 1. The van der Waals surface area contributed by atoms with Crippen LogP contribution < -0.4 is 10.6 Å². The van der Waals surface area contributed by atoms with Crippen molar-refractivity contribution in [2.24, 2.45) is 10.8 Å². The van der Waals surface area contributed by atoms with Gasteiger partial charge in [0.25, 0.3) is 0 Å². The number of carbonyl (C=O) groups is 1. The van der Waals surface area contributed by atoms with Crippen molar-refractivity contribution in [2.75, 3.05) is 13.1 Å². The molecule has 1 saturated heterocycles. The third-order valence-electron chi connectivity index (χ3n) is 5.21. The van der Waals surface area contributed by atoms with Crippen LogP contribution >= 0.6 is 11.3 Å². The Morgan fingerprint density at radius 1 is 1.40 bits per heavy atom. The summed E-state index contributed by atoms with van der Waals surface area (Å²) in [6, 6.07) is 0. The van der Waals surface area contributed by atoms with Gasteiger partial charge in [0.15, 0.2) is 0 Å². The van der Waals surface area contributed by atoms with Crippen LogP contribution in [0.1, 0.15) is 41.8 Å². The standard InChI is InChI=1S/C15H23N3OS/c1-10-12(20-11(2)18-10)8-17-13(19)14(3)9-15(14)4-6-16-7-5-15/h16H,4-9H2,1-3H3,(H,17,19). The average Bonchev–Trinajstić information content (AvgIpc) is 2.84. The van der Waals surface area contributed by atoms with Crippen LogP contribution in [0.3, 0.4) is 0 Å². The summed E-state index contributed by atoms with van der Waals surface area (Å²) < 4.78 is 0. The molecule has 2 fully saturated rings. The highest BCUT2D eigenvalue weighted by Crippen LogP contribution is 2.68. The maximum absolute atomic E-state index is 12.5. The molecule has 4 nitrogen and oxygen atoms in total. The molecule has 1 aromatic heterocycles. The normalized spacial score (nSPS) is 27.6. The molecule has 0 radical (unpaired) electrons. The third kappa shape index (κ3) is 2.17. The quantitative estimate of drug-likeness (QED) is 0.898. The maximum atomic E-state index is 12.5. The monoisotopic (exact) mass is 293 g/mol. The van der Waals surface area contributed by atoms with Gasteiger partial charge < -0.3 is 10.6 Å². The number of aromatic nitrogens is 1. The number of rotatable bonds is 3. The topological polar surface area (TPSA) is 54.0 Å². The Balaban J connectivity index is 1.61. The summed E-state index contributed by atoms with van der Waals surface area (Å²) in [5.41, 5.74) is 1.16. The van der Waals surface area contributed by atoms with E-state index in [-0.39, 0.29) is 16.7 Å². The molecule has 2 N–H and O–H groups in total. The third-order valence-corrected chi connectivity index (χ3v) is 6.28. The summed E-state index contributed by atoms with van der Waals surface area (Å²) in [6.45, 7) is 8.89. The molecular weight excluding hydrogens is 270 g/mol. The molecule has 1 aromatic rings. The number of nitrogens with one attached hydrogen (secondary N) is 2. The number of thiazole rings is 1. The molecule has 1 aliphatic heterocycles. The number of piperidine rings is 1. The Labute approximate surface area is 124 Å². The van der Waals surface area contributed by atoms with Gasteiger partial charge in [-0.05, 0) is 51.6 Å². The largest absolute Gasteiger partial charge is 0.351 e. The molecule has 1 amide bonds. The molecule has 2 heterocycles. The van der Waals surface area contributed by atoms with Crippen LogP contribution in [0, 0.1) is 24.7 Å². The van der Waals surface area contributed by atoms with Gasteiger partial charge >= 0.3 is 0 Å². The highest BCUT2D eigenvalue weighted by Gasteiger charge is 2.67. The van der Waals surface area contributed by atoms with E-state index in [1.807, 2.05) is 13.8 Å². The van der Waals surface area contributed by atoms with Crippen LogP contribution in [-0.2, 0) is 11.3 Å². The summed E-state index contributed by atoms with van der Waals surface area (Å²) >= 11 is 1.68. The van der Waals surface area contributed by atoms with Crippen LogP contribution in [0.15, 0.2) is 0 Å². The molecule has 0 bridgehead atoms. The van der Waals surface area contributed by atoms with Gasteiger partial charge in [0.1, 0.15) is 0 Å². The molecule has 1 spiro atoms. The SMILES string of the molecule is Cc1nc(C)c(CNC(=O)C2(C)CC23CCNCC3)s1. The fraction of sp³-hybridized carbons (Fsp3) is 0.733. The Bertz CT molecular complexity index is 533. The van der Waals surface area contributed by atoms with E-state index < -0.39 is 0 Å². The number of amides is 1. The maximum Gasteiger partial charge on any atom is 0.226 e.